The lowest BCUT2D eigenvalue weighted by Gasteiger charge is -2.12. The number of aromatic hydroxyl groups is 1. The molecule has 2 rings (SSSR count). The smallest absolute Gasteiger partial charge is 0.115 e. The highest BCUT2D eigenvalue weighted by molar-refractivity contribution is 5.27. The molecule has 0 spiro atoms. The zero-order valence-electron chi connectivity index (χ0n) is 9.04. The van der Waals surface area contributed by atoms with Crippen LogP contribution in [0.3, 0.4) is 0 Å². The summed E-state index contributed by atoms with van der Waals surface area (Å²) >= 11 is 0. The summed E-state index contributed by atoms with van der Waals surface area (Å²) in [4.78, 5) is 4.09. The molecule has 0 aliphatic carbocycles. The van der Waals surface area contributed by atoms with Crippen molar-refractivity contribution < 1.29 is 10.2 Å². The van der Waals surface area contributed by atoms with Gasteiger partial charge in [0.25, 0.3) is 0 Å². The van der Waals surface area contributed by atoms with Gasteiger partial charge in [0.05, 0.1) is 12.6 Å². The summed E-state index contributed by atoms with van der Waals surface area (Å²) in [5, 5.41) is 19.1. The summed E-state index contributed by atoms with van der Waals surface area (Å²) in [6.07, 6.45) is 2.95. The third kappa shape index (κ3) is 2.23. The van der Waals surface area contributed by atoms with Gasteiger partial charge >= 0.3 is 0 Å². The minimum atomic E-state index is -0.589. The van der Waals surface area contributed by atoms with Crippen LogP contribution >= 0.6 is 0 Å². The zero-order chi connectivity index (χ0) is 11.5. The second-order valence-corrected chi connectivity index (χ2v) is 3.73. The monoisotopic (exact) mass is 218 g/mol. The van der Waals surface area contributed by atoms with Crippen LogP contribution < -0.4 is 0 Å². The second kappa shape index (κ2) is 4.37. The zero-order valence-corrected chi connectivity index (χ0v) is 9.04. The van der Waals surface area contributed by atoms with E-state index in [1.165, 1.54) is 0 Å². The summed E-state index contributed by atoms with van der Waals surface area (Å²) < 4.78 is 1.89. The number of aliphatic hydroxyl groups excluding tert-OH is 1. The summed E-state index contributed by atoms with van der Waals surface area (Å²) in [6, 6.07) is 6.57. The van der Waals surface area contributed by atoms with Crippen LogP contribution in [0.25, 0.3) is 0 Å². The number of rotatable bonds is 3. The largest absolute Gasteiger partial charge is 0.508 e. The molecular weight excluding hydrogens is 204 g/mol. The van der Waals surface area contributed by atoms with Crippen molar-refractivity contribution in [2.24, 2.45) is 0 Å². The number of imidazole rings is 1. The van der Waals surface area contributed by atoms with Crippen LogP contribution in [-0.2, 0) is 6.54 Å². The van der Waals surface area contributed by atoms with E-state index in [0.717, 1.165) is 11.4 Å². The van der Waals surface area contributed by atoms with E-state index in [-0.39, 0.29) is 5.75 Å². The molecule has 2 aromatic rings. The fraction of sp³-hybridized carbons (Fsp3) is 0.250. The number of phenolic OH excluding ortho intramolecular Hbond substituents is 1. The van der Waals surface area contributed by atoms with Crippen molar-refractivity contribution in [2.75, 3.05) is 0 Å². The Morgan fingerprint density at radius 1 is 1.31 bits per heavy atom. The van der Waals surface area contributed by atoms with Crippen LogP contribution in [0.4, 0.5) is 0 Å². The molecule has 2 N–H and O–H groups in total. The van der Waals surface area contributed by atoms with E-state index in [2.05, 4.69) is 4.98 Å². The third-order valence-corrected chi connectivity index (χ3v) is 2.57. The van der Waals surface area contributed by atoms with E-state index >= 15 is 0 Å². The van der Waals surface area contributed by atoms with Crippen molar-refractivity contribution in [1.29, 1.82) is 0 Å². The highest BCUT2D eigenvalue weighted by atomic mass is 16.3. The van der Waals surface area contributed by atoms with Crippen molar-refractivity contribution in [1.82, 2.24) is 9.55 Å². The first-order valence-electron chi connectivity index (χ1n) is 5.11. The SMILES string of the molecule is Cc1nccn1CC(O)c1ccc(O)cc1. The van der Waals surface area contributed by atoms with E-state index in [1.807, 2.05) is 17.7 Å². The summed E-state index contributed by atoms with van der Waals surface area (Å²) in [5.41, 5.74) is 0.783. The van der Waals surface area contributed by atoms with Crippen molar-refractivity contribution in [3.8, 4) is 5.75 Å². The van der Waals surface area contributed by atoms with Gasteiger partial charge in [-0.3, -0.25) is 0 Å². The Hall–Kier alpha value is -1.81. The second-order valence-electron chi connectivity index (χ2n) is 3.73. The maximum absolute atomic E-state index is 9.98. The number of phenols is 1. The molecule has 0 radical (unpaired) electrons. The predicted octanol–water partition coefficient (Wildman–Crippen LogP) is 1.63. The molecule has 1 heterocycles. The van der Waals surface area contributed by atoms with Gasteiger partial charge < -0.3 is 14.8 Å². The van der Waals surface area contributed by atoms with E-state index in [4.69, 9.17) is 5.11 Å². The Kier molecular flexibility index (Phi) is 2.92. The molecule has 16 heavy (non-hydrogen) atoms. The Morgan fingerprint density at radius 2 is 2.00 bits per heavy atom. The third-order valence-electron chi connectivity index (χ3n) is 2.57. The molecule has 1 atom stereocenters. The lowest BCUT2D eigenvalue weighted by atomic mass is 10.1. The molecule has 84 valence electrons. The van der Waals surface area contributed by atoms with Crippen LogP contribution in [0.15, 0.2) is 36.7 Å². The Bertz CT molecular complexity index is 462. The first kappa shape index (κ1) is 10.7. The lowest BCUT2D eigenvalue weighted by Crippen LogP contribution is -2.09. The Labute approximate surface area is 93.8 Å². The molecule has 0 amide bonds. The van der Waals surface area contributed by atoms with Crippen LogP contribution in [0, 0.1) is 6.92 Å². The topological polar surface area (TPSA) is 58.3 Å². The van der Waals surface area contributed by atoms with Crippen LogP contribution in [0.2, 0.25) is 0 Å². The number of aliphatic hydroxyl groups is 1. The molecule has 0 saturated carbocycles. The number of nitrogens with zero attached hydrogens (tertiary/aromatic N) is 2. The fourth-order valence-corrected chi connectivity index (χ4v) is 1.58. The summed E-state index contributed by atoms with van der Waals surface area (Å²) in [6.45, 7) is 2.36. The van der Waals surface area contributed by atoms with E-state index in [1.54, 1.807) is 30.5 Å². The lowest BCUT2D eigenvalue weighted by molar-refractivity contribution is 0.155. The quantitative estimate of drug-likeness (QED) is 0.823. The maximum Gasteiger partial charge on any atom is 0.115 e. The first-order chi connectivity index (χ1) is 7.66. The van der Waals surface area contributed by atoms with Gasteiger partial charge in [-0.1, -0.05) is 12.1 Å². The van der Waals surface area contributed by atoms with Gasteiger partial charge in [0.2, 0.25) is 0 Å². The average molecular weight is 218 g/mol. The highest BCUT2D eigenvalue weighted by Gasteiger charge is 2.09. The number of hydrogen-bond acceptors (Lipinski definition) is 3. The minimum absolute atomic E-state index is 0.203. The molecule has 1 aromatic heterocycles. The molecule has 4 nitrogen and oxygen atoms in total. The van der Waals surface area contributed by atoms with E-state index < -0.39 is 6.10 Å². The van der Waals surface area contributed by atoms with Gasteiger partial charge in [-0.05, 0) is 24.6 Å². The van der Waals surface area contributed by atoms with Crippen LogP contribution in [-0.4, -0.2) is 19.8 Å². The predicted molar refractivity (Wildman–Crippen MR) is 60.0 cm³/mol. The van der Waals surface area contributed by atoms with Gasteiger partial charge in [-0.15, -0.1) is 0 Å². The van der Waals surface area contributed by atoms with Gasteiger partial charge in [-0.25, -0.2) is 4.98 Å². The summed E-state index contributed by atoms with van der Waals surface area (Å²) in [5.74, 6) is 1.08. The van der Waals surface area contributed by atoms with Crippen molar-refractivity contribution in [3.05, 3.63) is 48.0 Å². The molecule has 0 saturated heterocycles. The van der Waals surface area contributed by atoms with Gasteiger partial charge in [0.1, 0.15) is 11.6 Å². The van der Waals surface area contributed by atoms with Gasteiger partial charge in [-0.2, -0.15) is 0 Å². The van der Waals surface area contributed by atoms with Gasteiger partial charge in [0, 0.05) is 12.4 Å². The molecule has 0 aliphatic heterocycles. The Morgan fingerprint density at radius 3 is 2.56 bits per heavy atom. The fourth-order valence-electron chi connectivity index (χ4n) is 1.58. The van der Waals surface area contributed by atoms with E-state index in [0.29, 0.717) is 6.54 Å². The normalized spacial score (nSPS) is 12.6. The summed E-state index contributed by atoms with van der Waals surface area (Å²) in [7, 11) is 0. The number of aromatic nitrogens is 2. The number of hydrogen-bond donors (Lipinski definition) is 2. The van der Waals surface area contributed by atoms with Gasteiger partial charge in [0.15, 0.2) is 0 Å². The van der Waals surface area contributed by atoms with Crippen LogP contribution in [0.1, 0.15) is 17.5 Å². The van der Waals surface area contributed by atoms with Crippen molar-refractivity contribution in [3.63, 3.8) is 0 Å². The molecule has 0 fully saturated rings. The molecule has 1 unspecified atom stereocenters. The van der Waals surface area contributed by atoms with E-state index in [9.17, 15) is 5.11 Å². The van der Waals surface area contributed by atoms with Crippen LogP contribution in [0.5, 0.6) is 5.75 Å². The van der Waals surface area contributed by atoms with Crippen molar-refractivity contribution >= 4 is 0 Å². The molecule has 4 heteroatoms. The number of aryl methyl sites for hydroxylation is 1. The Balaban J connectivity index is 2.11. The molecule has 0 bridgehead atoms. The standard InChI is InChI=1S/C12H14N2O2/c1-9-13-6-7-14(9)8-12(16)10-2-4-11(15)5-3-10/h2-7,12,15-16H,8H2,1H3. The number of benzene rings is 1. The highest BCUT2D eigenvalue weighted by Crippen LogP contribution is 2.18. The molecular formula is C12H14N2O2. The van der Waals surface area contributed by atoms with Crippen molar-refractivity contribution in [2.45, 2.75) is 19.6 Å². The minimum Gasteiger partial charge on any atom is -0.508 e. The molecule has 1 aromatic carbocycles. The first-order valence-corrected chi connectivity index (χ1v) is 5.11. The molecule has 0 aliphatic rings. The average Bonchev–Trinajstić information content (AvgIpc) is 2.65. The maximum atomic E-state index is 9.98.